The molecule has 1 N–H and O–H groups in total. The minimum Gasteiger partial charge on any atom is -0.307 e. The third-order valence-corrected chi connectivity index (χ3v) is 5.13. The van der Waals surface area contributed by atoms with Gasteiger partial charge in [-0.2, -0.15) is 5.10 Å². The first-order valence-corrected chi connectivity index (χ1v) is 7.10. The molecule has 2 fully saturated rings. The van der Waals surface area contributed by atoms with Crippen LogP contribution in [0.2, 0.25) is 0 Å². The molecule has 3 aliphatic carbocycles. The Bertz CT molecular complexity index is 437. The SMILES string of the molecule is Cn1ncc2c1CCCC2NC1CCC2CC21. The summed E-state index contributed by atoms with van der Waals surface area (Å²) in [6, 6.07) is 1.38. The minimum absolute atomic E-state index is 0.580. The van der Waals surface area contributed by atoms with Gasteiger partial charge in [-0.25, -0.2) is 0 Å². The average Bonchev–Trinajstić information content (AvgIpc) is 2.88. The molecule has 0 radical (unpaired) electrons. The first kappa shape index (κ1) is 10.1. The number of hydrogen-bond acceptors (Lipinski definition) is 2. The minimum atomic E-state index is 0.580. The lowest BCUT2D eigenvalue weighted by Crippen LogP contribution is -2.34. The van der Waals surface area contributed by atoms with Crippen molar-refractivity contribution in [3.05, 3.63) is 17.5 Å². The fraction of sp³-hybridized carbons (Fsp3) is 0.786. The molecular formula is C14H21N3. The fourth-order valence-electron chi connectivity index (χ4n) is 4.05. The van der Waals surface area contributed by atoms with Gasteiger partial charge >= 0.3 is 0 Å². The van der Waals surface area contributed by atoms with Gasteiger partial charge in [0.2, 0.25) is 0 Å². The van der Waals surface area contributed by atoms with Crippen LogP contribution in [-0.4, -0.2) is 15.8 Å². The van der Waals surface area contributed by atoms with Crippen LogP contribution < -0.4 is 5.32 Å². The Balaban J connectivity index is 1.54. The maximum atomic E-state index is 4.43. The van der Waals surface area contributed by atoms with E-state index in [0.717, 1.165) is 17.9 Å². The Kier molecular flexibility index (Phi) is 2.13. The molecule has 4 unspecified atom stereocenters. The lowest BCUT2D eigenvalue weighted by atomic mass is 9.92. The zero-order valence-corrected chi connectivity index (χ0v) is 10.5. The highest BCUT2D eigenvalue weighted by Crippen LogP contribution is 2.52. The molecule has 1 aromatic rings. The lowest BCUT2D eigenvalue weighted by molar-refractivity contribution is 0.371. The van der Waals surface area contributed by atoms with Crippen molar-refractivity contribution in [2.75, 3.05) is 0 Å². The number of aryl methyl sites for hydroxylation is 1. The van der Waals surface area contributed by atoms with Crippen molar-refractivity contribution < 1.29 is 0 Å². The summed E-state index contributed by atoms with van der Waals surface area (Å²) in [6.45, 7) is 0. The number of nitrogens with zero attached hydrogens (tertiary/aromatic N) is 2. The van der Waals surface area contributed by atoms with E-state index in [-0.39, 0.29) is 0 Å². The highest BCUT2D eigenvalue weighted by molar-refractivity contribution is 5.25. The summed E-state index contributed by atoms with van der Waals surface area (Å²) < 4.78 is 2.07. The van der Waals surface area contributed by atoms with Gasteiger partial charge in [-0.3, -0.25) is 4.68 Å². The van der Waals surface area contributed by atoms with Gasteiger partial charge in [-0.05, 0) is 50.4 Å². The maximum Gasteiger partial charge on any atom is 0.0540 e. The van der Waals surface area contributed by atoms with Crippen LogP contribution in [0.5, 0.6) is 0 Å². The highest BCUT2D eigenvalue weighted by atomic mass is 15.3. The normalized spacial score (nSPS) is 38.9. The van der Waals surface area contributed by atoms with Crippen LogP contribution in [0.3, 0.4) is 0 Å². The Morgan fingerprint density at radius 3 is 3.06 bits per heavy atom. The van der Waals surface area contributed by atoms with Crippen molar-refractivity contribution in [1.82, 2.24) is 15.1 Å². The van der Waals surface area contributed by atoms with E-state index in [9.17, 15) is 0 Å². The topological polar surface area (TPSA) is 29.9 Å². The Labute approximate surface area is 103 Å². The van der Waals surface area contributed by atoms with Crippen LogP contribution in [0.25, 0.3) is 0 Å². The number of hydrogen-bond donors (Lipinski definition) is 1. The van der Waals surface area contributed by atoms with Crippen molar-refractivity contribution in [3.8, 4) is 0 Å². The van der Waals surface area contributed by atoms with E-state index in [4.69, 9.17) is 0 Å². The monoisotopic (exact) mass is 231 g/mol. The van der Waals surface area contributed by atoms with Crippen LogP contribution in [0.1, 0.15) is 49.4 Å². The number of rotatable bonds is 2. The third kappa shape index (κ3) is 1.55. The van der Waals surface area contributed by atoms with E-state index in [0.29, 0.717) is 6.04 Å². The summed E-state index contributed by atoms with van der Waals surface area (Å²) in [7, 11) is 2.08. The molecule has 0 aromatic carbocycles. The van der Waals surface area contributed by atoms with Crippen molar-refractivity contribution >= 4 is 0 Å². The molecule has 4 atom stereocenters. The maximum absolute atomic E-state index is 4.43. The molecule has 1 aromatic heterocycles. The van der Waals surface area contributed by atoms with E-state index >= 15 is 0 Å². The first-order valence-electron chi connectivity index (χ1n) is 7.10. The van der Waals surface area contributed by atoms with E-state index < -0.39 is 0 Å². The summed E-state index contributed by atoms with van der Waals surface area (Å²) in [4.78, 5) is 0. The molecule has 4 rings (SSSR count). The third-order valence-electron chi connectivity index (χ3n) is 5.13. The zero-order chi connectivity index (χ0) is 11.4. The quantitative estimate of drug-likeness (QED) is 0.845. The molecule has 3 aliphatic rings. The van der Waals surface area contributed by atoms with Crippen LogP contribution in [0, 0.1) is 11.8 Å². The largest absolute Gasteiger partial charge is 0.307 e. The van der Waals surface area contributed by atoms with Gasteiger partial charge < -0.3 is 5.32 Å². The first-order chi connectivity index (χ1) is 8.33. The molecule has 0 saturated heterocycles. The van der Waals surface area contributed by atoms with Crippen LogP contribution in [0.15, 0.2) is 6.20 Å². The second-order valence-corrected chi connectivity index (χ2v) is 6.13. The van der Waals surface area contributed by atoms with Crippen molar-refractivity contribution in [2.45, 2.75) is 50.6 Å². The predicted molar refractivity (Wildman–Crippen MR) is 66.6 cm³/mol. The Morgan fingerprint density at radius 1 is 1.35 bits per heavy atom. The van der Waals surface area contributed by atoms with E-state index in [1.165, 1.54) is 49.8 Å². The standard InChI is InChI=1S/C14H21N3/c1-17-14-4-2-3-12(11(14)8-15-17)16-13-6-5-9-7-10(9)13/h8-10,12-13,16H,2-7H2,1H3. The van der Waals surface area contributed by atoms with Gasteiger partial charge in [-0.15, -0.1) is 0 Å². The molecule has 0 bridgehead atoms. The van der Waals surface area contributed by atoms with Gasteiger partial charge in [0.25, 0.3) is 0 Å². The van der Waals surface area contributed by atoms with E-state index in [1.807, 2.05) is 0 Å². The van der Waals surface area contributed by atoms with E-state index in [2.05, 4.69) is 28.3 Å². The fourth-order valence-corrected chi connectivity index (χ4v) is 4.05. The molecule has 0 spiro atoms. The van der Waals surface area contributed by atoms with Gasteiger partial charge in [0.15, 0.2) is 0 Å². The molecule has 17 heavy (non-hydrogen) atoms. The lowest BCUT2D eigenvalue weighted by Gasteiger charge is -2.27. The van der Waals surface area contributed by atoms with Gasteiger partial charge in [-0.1, -0.05) is 0 Å². The van der Waals surface area contributed by atoms with Crippen LogP contribution in [0.4, 0.5) is 0 Å². The summed E-state index contributed by atoms with van der Waals surface area (Å²) >= 11 is 0. The second kappa shape index (κ2) is 3.58. The van der Waals surface area contributed by atoms with Gasteiger partial charge in [0.1, 0.15) is 0 Å². The molecule has 0 amide bonds. The molecule has 0 aliphatic heterocycles. The number of aromatic nitrogens is 2. The van der Waals surface area contributed by atoms with Crippen molar-refractivity contribution in [1.29, 1.82) is 0 Å². The smallest absolute Gasteiger partial charge is 0.0540 e. The van der Waals surface area contributed by atoms with Gasteiger partial charge in [0, 0.05) is 30.4 Å². The molecule has 2 saturated carbocycles. The predicted octanol–water partition coefficient (Wildman–Crippen LogP) is 2.19. The second-order valence-electron chi connectivity index (χ2n) is 6.13. The highest BCUT2D eigenvalue weighted by Gasteiger charge is 2.48. The van der Waals surface area contributed by atoms with E-state index in [1.54, 1.807) is 0 Å². The molecule has 3 heteroatoms. The molecule has 3 nitrogen and oxygen atoms in total. The van der Waals surface area contributed by atoms with Crippen molar-refractivity contribution in [3.63, 3.8) is 0 Å². The molecule has 92 valence electrons. The van der Waals surface area contributed by atoms with Crippen molar-refractivity contribution in [2.24, 2.45) is 18.9 Å². The number of fused-ring (bicyclic) bond motifs is 2. The summed E-state index contributed by atoms with van der Waals surface area (Å²) in [5, 5.41) is 8.35. The summed E-state index contributed by atoms with van der Waals surface area (Å²) in [6.07, 6.45) is 10.3. The Hall–Kier alpha value is -0.830. The van der Waals surface area contributed by atoms with Gasteiger partial charge in [0.05, 0.1) is 6.20 Å². The molecular weight excluding hydrogens is 210 g/mol. The van der Waals surface area contributed by atoms with Crippen LogP contribution >= 0.6 is 0 Å². The van der Waals surface area contributed by atoms with Crippen LogP contribution in [-0.2, 0) is 13.5 Å². The number of nitrogens with one attached hydrogen (secondary N) is 1. The summed E-state index contributed by atoms with van der Waals surface area (Å²) in [5.74, 6) is 2.08. The Morgan fingerprint density at radius 2 is 2.29 bits per heavy atom. The molecule has 1 heterocycles. The average molecular weight is 231 g/mol. The zero-order valence-electron chi connectivity index (χ0n) is 10.5. The summed E-state index contributed by atoms with van der Waals surface area (Å²) in [5.41, 5.74) is 2.93.